The van der Waals surface area contributed by atoms with Crippen molar-refractivity contribution in [2.75, 3.05) is 29.9 Å². The van der Waals surface area contributed by atoms with Crippen LogP contribution >= 0.6 is 0 Å². The van der Waals surface area contributed by atoms with Crippen molar-refractivity contribution in [2.45, 2.75) is 46.1 Å². The zero-order valence-electron chi connectivity index (χ0n) is 20.3. The summed E-state index contributed by atoms with van der Waals surface area (Å²) in [5, 5.41) is 7.19. The summed E-state index contributed by atoms with van der Waals surface area (Å²) in [5.74, 6) is 1.33. The van der Waals surface area contributed by atoms with E-state index in [9.17, 15) is 9.59 Å². The van der Waals surface area contributed by atoms with Gasteiger partial charge in [-0.15, -0.1) is 0 Å². The molecule has 2 aliphatic rings. The number of carbonyl (C=O) groups excluding carboxylic acids is 2. The SMILES string of the molecule is Cc1ccc(-c2noc(CN3CCC(C(=O)Nc4ccc(C)c(N5CCCC5=O)c4)CC3)n2)cc1. The molecule has 2 fully saturated rings. The van der Waals surface area contributed by atoms with Crippen LogP contribution in [0.25, 0.3) is 11.4 Å². The van der Waals surface area contributed by atoms with Gasteiger partial charge in [-0.2, -0.15) is 4.98 Å². The van der Waals surface area contributed by atoms with Crippen LogP contribution in [0.1, 0.15) is 42.7 Å². The van der Waals surface area contributed by atoms with Gasteiger partial charge in [0.05, 0.1) is 6.54 Å². The molecule has 0 saturated carbocycles. The zero-order valence-corrected chi connectivity index (χ0v) is 20.3. The molecule has 0 radical (unpaired) electrons. The Morgan fingerprint density at radius 3 is 2.57 bits per heavy atom. The van der Waals surface area contributed by atoms with Crippen molar-refractivity contribution in [1.82, 2.24) is 15.0 Å². The highest BCUT2D eigenvalue weighted by Crippen LogP contribution is 2.29. The van der Waals surface area contributed by atoms with Gasteiger partial charge in [-0.1, -0.05) is 41.1 Å². The van der Waals surface area contributed by atoms with Crippen LogP contribution in [0.5, 0.6) is 0 Å². The molecule has 35 heavy (non-hydrogen) atoms. The summed E-state index contributed by atoms with van der Waals surface area (Å²) in [5.41, 5.74) is 4.80. The minimum absolute atomic E-state index is 0.0339. The number of benzene rings is 2. The lowest BCUT2D eigenvalue weighted by Crippen LogP contribution is -2.37. The van der Waals surface area contributed by atoms with Crippen molar-refractivity contribution in [1.29, 1.82) is 0 Å². The number of anilines is 2. The molecule has 0 atom stereocenters. The molecule has 182 valence electrons. The molecule has 8 nitrogen and oxygen atoms in total. The summed E-state index contributed by atoms with van der Waals surface area (Å²) in [6.45, 7) is 6.95. The van der Waals surface area contributed by atoms with E-state index in [2.05, 4.69) is 20.4 Å². The quantitative estimate of drug-likeness (QED) is 0.573. The van der Waals surface area contributed by atoms with Crippen LogP contribution in [0.2, 0.25) is 0 Å². The molecule has 0 aliphatic carbocycles. The Labute approximate surface area is 205 Å². The number of nitrogens with one attached hydrogen (secondary N) is 1. The van der Waals surface area contributed by atoms with Gasteiger partial charge in [-0.05, 0) is 63.9 Å². The molecule has 2 aliphatic heterocycles. The standard InChI is InChI=1S/C27H31N5O3/c1-18-5-8-20(9-6-18)26-29-24(35-30-26)17-31-14-11-21(12-15-31)27(34)28-22-10-7-19(2)23(16-22)32-13-3-4-25(32)33/h5-10,16,21H,3-4,11-15,17H2,1-2H3,(H,28,34). The van der Waals surface area contributed by atoms with Gasteiger partial charge in [0.1, 0.15) is 0 Å². The molecule has 2 aromatic carbocycles. The monoisotopic (exact) mass is 473 g/mol. The maximum absolute atomic E-state index is 12.9. The summed E-state index contributed by atoms with van der Waals surface area (Å²) in [4.78, 5) is 33.7. The predicted octanol–water partition coefficient (Wildman–Crippen LogP) is 4.33. The Kier molecular flexibility index (Phi) is 6.63. The van der Waals surface area contributed by atoms with Crippen molar-refractivity contribution >= 4 is 23.2 Å². The molecule has 5 rings (SSSR count). The smallest absolute Gasteiger partial charge is 0.241 e. The topological polar surface area (TPSA) is 91.6 Å². The van der Waals surface area contributed by atoms with Gasteiger partial charge in [0.15, 0.2) is 0 Å². The number of aromatic nitrogens is 2. The highest BCUT2D eigenvalue weighted by Gasteiger charge is 2.27. The van der Waals surface area contributed by atoms with E-state index in [1.165, 1.54) is 5.56 Å². The number of nitrogens with zero attached hydrogens (tertiary/aromatic N) is 4. The second kappa shape index (κ2) is 10.00. The van der Waals surface area contributed by atoms with E-state index in [0.717, 1.165) is 61.4 Å². The maximum atomic E-state index is 12.9. The van der Waals surface area contributed by atoms with Crippen molar-refractivity contribution in [3.8, 4) is 11.4 Å². The third-order valence-electron chi connectivity index (χ3n) is 6.94. The molecule has 2 saturated heterocycles. The first-order valence-corrected chi connectivity index (χ1v) is 12.3. The lowest BCUT2D eigenvalue weighted by Gasteiger charge is -2.30. The minimum Gasteiger partial charge on any atom is -0.338 e. The van der Waals surface area contributed by atoms with Crippen molar-refractivity contribution < 1.29 is 14.1 Å². The Morgan fingerprint density at radius 1 is 1.09 bits per heavy atom. The summed E-state index contributed by atoms with van der Waals surface area (Å²) >= 11 is 0. The molecule has 1 aromatic heterocycles. The van der Waals surface area contributed by atoms with Crippen LogP contribution in [-0.4, -0.2) is 46.5 Å². The summed E-state index contributed by atoms with van der Waals surface area (Å²) < 4.78 is 5.47. The highest BCUT2D eigenvalue weighted by atomic mass is 16.5. The fourth-order valence-electron chi connectivity index (χ4n) is 4.81. The van der Waals surface area contributed by atoms with Crippen LogP contribution < -0.4 is 10.2 Å². The highest BCUT2D eigenvalue weighted by molar-refractivity contribution is 5.98. The van der Waals surface area contributed by atoms with Crippen LogP contribution in [-0.2, 0) is 16.1 Å². The molecular formula is C27H31N5O3. The van der Waals surface area contributed by atoms with E-state index >= 15 is 0 Å². The third kappa shape index (κ3) is 5.27. The fraction of sp³-hybridized carbons (Fsp3) is 0.407. The lowest BCUT2D eigenvalue weighted by molar-refractivity contribution is -0.121. The zero-order chi connectivity index (χ0) is 24.4. The normalized spacial score (nSPS) is 17.2. The van der Waals surface area contributed by atoms with Gasteiger partial charge in [0.25, 0.3) is 0 Å². The van der Waals surface area contributed by atoms with Gasteiger partial charge in [0.2, 0.25) is 23.5 Å². The average Bonchev–Trinajstić information content (AvgIpc) is 3.50. The number of carbonyl (C=O) groups is 2. The second-order valence-corrected chi connectivity index (χ2v) is 9.57. The molecule has 2 amide bonds. The maximum Gasteiger partial charge on any atom is 0.241 e. The first-order chi connectivity index (χ1) is 17.0. The third-order valence-corrected chi connectivity index (χ3v) is 6.94. The van der Waals surface area contributed by atoms with Crippen LogP contribution in [0.15, 0.2) is 47.0 Å². The molecule has 8 heteroatoms. The molecule has 3 heterocycles. The van der Waals surface area contributed by atoms with Gasteiger partial charge < -0.3 is 14.7 Å². The number of likely N-dealkylation sites (tertiary alicyclic amines) is 1. The first-order valence-electron chi connectivity index (χ1n) is 12.3. The Bertz CT molecular complexity index is 1210. The second-order valence-electron chi connectivity index (χ2n) is 9.57. The van der Waals surface area contributed by atoms with E-state index in [1.807, 2.05) is 61.2 Å². The summed E-state index contributed by atoms with van der Waals surface area (Å²) in [6.07, 6.45) is 3.01. The van der Waals surface area contributed by atoms with Crippen molar-refractivity contribution in [2.24, 2.45) is 5.92 Å². The number of piperidine rings is 1. The van der Waals surface area contributed by atoms with Gasteiger partial charge in [0, 0.05) is 35.8 Å². The minimum atomic E-state index is -0.0461. The Hall–Kier alpha value is -3.52. The van der Waals surface area contributed by atoms with Crippen LogP contribution in [0.3, 0.4) is 0 Å². The van der Waals surface area contributed by atoms with E-state index < -0.39 is 0 Å². The van der Waals surface area contributed by atoms with E-state index in [4.69, 9.17) is 4.52 Å². The number of amides is 2. The number of hydrogen-bond donors (Lipinski definition) is 1. The molecule has 1 N–H and O–H groups in total. The van der Waals surface area contributed by atoms with E-state index in [0.29, 0.717) is 24.7 Å². The lowest BCUT2D eigenvalue weighted by atomic mass is 9.95. The molecule has 3 aromatic rings. The predicted molar refractivity (Wildman–Crippen MR) is 134 cm³/mol. The summed E-state index contributed by atoms with van der Waals surface area (Å²) in [7, 11) is 0. The van der Waals surface area contributed by atoms with Gasteiger partial charge >= 0.3 is 0 Å². The Morgan fingerprint density at radius 2 is 1.86 bits per heavy atom. The van der Waals surface area contributed by atoms with Crippen molar-refractivity contribution in [3.05, 3.63) is 59.5 Å². The average molecular weight is 474 g/mol. The Balaban J connectivity index is 1.14. The number of hydrogen-bond acceptors (Lipinski definition) is 6. The van der Waals surface area contributed by atoms with Crippen LogP contribution in [0, 0.1) is 19.8 Å². The molecule has 0 spiro atoms. The summed E-state index contributed by atoms with van der Waals surface area (Å²) in [6, 6.07) is 13.9. The van der Waals surface area contributed by atoms with Crippen LogP contribution in [0.4, 0.5) is 11.4 Å². The number of rotatable bonds is 6. The van der Waals surface area contributed by atoms with Gasteiger partial charge in [-0.25, -0.2) is 0 Å². The molecule has 0 unspecified atom stereocenters. The number of aryl methyl sites for hydroxylation is 2. The fourth-order valence-corrected chi connectivity index (χ4v) is 4.81. The van der Waals surface area contributed by atoms with E-state index in [1.54, 1.807) is 0 Å². The molecule has 0 bridgehead atoms. The van der Waals surface area contributed by atoms with Gasteiger partial charge in [-0.3, -0.25) is 14.5 Å². The van der Waals surface area contributed by atoms with E-state index in [-0.39, 0.29) is 17.7 Å². The molecular weight excluding hydrogens is 442 g/mol. The van der Waals surface area contributed by atoms with Crippen molar-refractivity contribution in [3.63, 3.8) is 0 Å². The largest absolute Gasteiger partial charge is 0.338 e. The first kappa shape index (κ1) is 23.2.